The van der Waals surface area contributed by atoms with Crippen molar-refractivity contribution in [2.45, 2.75) is 18.9 Å². The maximum atomic E-state index is 12.1. The van der Waals surface area contributed by atoms with Crippen molar-refractivity contribution >= 4 is 21.7 Å². The Bertz CT molecular complexity index is 452. The molecule has 2 atom stereocenters. The van der Waals surface area contributed by atoms with Crippen molar-refractivity contribution in [1.29, 1.82) is 0 Å². The number of ketones is 1. The zero-order valence-corrected chi connectivity index (χ0v) is 10.9. The van der Waals surface area contributed by atoms with Crippen LogP contribution in [0, 0.1) is 5.92 Å². The van der Waals surface area contributed by atoms with Gasteiger partial charge < -0.3 is 9.47 Å². The van der Waals surface area contributed by atoms with Crippen LogP contribution in [0.1, 0.15) is 23.2 Å². The van der Waals surface area contributed by atoms with E-state index in [0.29, 0.717) is 30.3 Å². The first-order valence-corrected chi connectivity index (χ1v) is 6.60. The van der Waals surface area contributed by atoms with E-state index in [2.05, 4.69) is 15.9 Å². The highest BCUT2D eigenvalue weighted by Gasteiger charge is 2.34. The van der Waals surface area contributed by atoms with Gasteiger partial charge >= 0.3 is 0 Å². The van der Waals surface area contributed by atoms with Gasteiger partial charge in [0.05, 0.1) is 12.2 Å². The standard InChI is InChI=1S/C13H13BrO3/c14-9-1-2-12-10(5-9)11(15)6-13(17-12)8-3-4-16-7-8/h1-2,5,8,13H,3-4,6-7H2. The molecule has 1 aromatic rings. The number of ether oxygens (including phenoxy) is 2. The van der Waals surface area contributed by atoms with Crippen LogP contribution >= 0.6 is 15.9 Å². The molecule has 0 spiro atoms. The minimum atomic E-state index is -0.0151. The Morgan fingerprint density at radius 2 is 2.24 bits per heavy atom. The third-order valence-corrected chi connectivity index (χ3v) is 3.89. The highest BCUT2D eigenvalue weighted by Crippen LogP contribution is 2.34. The Hall–Kier alpha value is -0.870. The Kier molecular flexibility index (Phi) is 2.92. The molecule has 3 rings (SSSR count). The summed E-state index contributed by atoms with van der Waals surface area (Å²) < 4.78 is 12.2. The predicted octanol–water partition coefficient (Wildman–Crippen LogP) is 2.82. The van der Waals surface area contributed by atoms with Crippen molar-refractivity contribution < 1.29 is 14.3 Å². The van der Waals surface area contributed by atoms with E-state index in [1.165, 1.54) is 0 Å². The van der Waals surface area contributed by atoms with Crippen molar-refractivity contribution in [3.8, 4) is 5.75 Å². The lowest BCUT2D eigenvalue weighted by Crippen LogP contribution is -2.34. The lowest BCUT2D eigenvalue weighted by atomic mass is 9.92. The largest absolute Gasteiger partial charge is 0.489 e. The molecule has 4 heteroatoms. The second kappa shape index (κ2) is 4.42. The number of hydrogen-bond donors (Lipinski definition) is 0. The van der Waals surface area contributed by atoms with E-state index in [1.807, 2.05) is 18.2 Å². The van der Waals surface area contributed by atoms with Crippen LogP contribution in [0.25, 0.3) is 0 Å². The molecule has 1 saturated heterocycles. The molecule has 90 valence electrons. The molecule has 0 aliphatic carbocycles. The van der Waals surface area contributed by atoms with Crippen molar-refractivity contribution in [3.05, 3.63) is 28.2 Å². The number of Topliss-reactive ketones (excluding diaryl/α,β-unsaturated/α-hetero) is 1. The Labute approximate surface area is 108 Å². The van der Waals surface area contributed by atoms with Crippen LogP contribution in [0.4, 0.5) is 0 Å². The van der Waals surface area contributed by atoms with Gasteiger partial charge in [-0.05, 0) is 24.6 Å². The van der Waals surface area contributed by atoms with Crippen LogP contribution in [-0.2, 0) is 4.74 Å². The van der Waals surface area contributed by atoms with Gasteiger partial charge in [-0.2, -0.15) is 0 Å². The van der Waals surface area contributed by atoms with Crippen molar-refractivity contribution in [2.75, 3.05) is 13.2 Å². The van der Waals surface area contributed by atoms with E-state index in [4.69, 9.17) is 9.47 Å². The molecule has 0 N–H and O–H groups in total. The summed E-state index contributed by atoms with van der Waals surface area (Å²) >= 11 is 3.37. The van der Waals surface area contributed by atoms with Gasteiger partial charge in [0, 0.05) is 23.4 Å². The first-order valence-electron chi connectivity index (χ1n) is 5.81. The summed E-state index contributed by atoms with van der Waals surface area (Å²) in [6.07, 6.45) is 1.44. The summed E-state index contributed by atoms with van der Waals surface area (Å²) in [5, 5.41) is 0. The topological polar surface area (TPSA) is 35.5 Å². The SMILES string of the molecule is O=C1CC(C2CCOC2)Oc2ccc(Br)cc21. The highest BCUT2D eigenvalue weighted by atomic mass is 79.9. The third kappa shape index (κ3) is 2.11. The molecule has 2 heterocycles. The molecular formula is C13H13BrO3. The van der Waals surface area contributed by atoms with Crippen LogP contribution in [0.5, 0.6) is 5.75 Å². The first kappa shape index (κ1) is 11.2. The van der Waals surface area contributed by atoms with Crippen LogP contribution in [-0.4, -0.2) is 25.1 Å². The molecule has 1 aromatic carbocycles. The number of rotatable bonds is 1. The normalized spacial score (nSPS) is 27.7. The van der Waals surface area contributed by atoms with Gasteiger partial charge in [-0.1, -0.05) is 15.9 Å². The lowest BCUT2D eigenvalue weighted by molar-refractivity contribution is 0.0693. The average molecular weight is 297 g/mol. The highest BCUT2D eigenvalue weighted by molar-refractivity contribution is 9.10. The summed E-state index contributed by atoms with van der Waals surface area (Å²) in [6, 6.07) is 5.60. The number of halogens is 1. The molecule has 2 aliphatic heterocycles. The summed E-state index contributed by atoms with van der Waals surface area (Å²) in [5.74, 6) is 1.24. The number of fused-ring (bicyclic) bond motifs is 1. The number of benzene rings is 1. The predicted molar refractivity (Wildman–Crippen MR) is 66.4 cm³/mol. The number of carbonyl (C=O) groups is 1. The molecule has 1 fully saturated rings. The Balaban J connectivity index is 1.87. The summed E-state index contributed by atoms with van der Waals surface area (Å²) in [5.41, 5.74) is 0.689. The van der Waals surface area contributed by atoms with Crippen LogP contribution in [0.3, 0.4) is 0 Å². The zero-order chi connectivity index (χ0) is 11.8. The van der Waals surface area contributed by atoms with E-state index in [9.17, 15) is 4.79 Å². The number of carbonyl (C=O) groups excluding carboxylic acids is 1. The number of hydrogen-bond acceptors (Lipinski definition) is 3. The third-order valence-electron chi connectivity index (χ3n) is 3.40. The monoisotopic (exact) mass is 296 g/mol. The quantitative estimate of drug-likeness (QED) is 0.799. The average Bonchev–Trinajstić information content (AvgIpc) is 2.83. The lowest BCUT2D eigenvalue weighted by Gasteiger charge is -2.28. The summed E-state index contributed by atoms with van der Waals surface area (Å²) in [6.45, 7) is 1.50. The van der Waals surface area contributed by atoms with Crippen molar-refractivity contribution in [1.82, 2.24) is 0 Å². The molecule has 0 amide bonds. The Morgan fingerprint density at radius 1 is 1.35 bits per heavy atom. The fourth-order valence-corrected chi connectivity index (χ4v) is 2.79. The van der Waals surface area contributed by atoms with Gasteiger partial charge in [0.1, 0.15) is 11.9 Å². The van der Waals surface area contributed by atoms with Gasteiger partial charge in [-0.3, -0.25) is 4.79 Å². The minimum Gasteiger partial charge on any atom is -0.489 e. The van der Waals surface area contributed by atoms with Crippen molar-refractivity contribution in [3.63, 3.8) is 0 Å². The maximum Gasteiger partial charge on any atom is 0.170 e. The van der Waals surface area contributed by atoms with E-state index in [0.717, 1.165) is 17.5 Å². The van der Waals surface area contributed by atoms with Crippen LogP contribution < -0.4 is 4.74 Å². The molecule has 0 aromatic heterocycles. The van der Waals surface area contributed by atoms with Gasteiger partial charge in [0.2, 0.25) is 0 Å². The van der Waals surface area contributed by atoms with Gasteiger partial charge in [0.25, 0.3) is 0 Å². The van der Waals surface area contributed by atoms with Gasteiger partial charge in [-0.15, -0.1) is 0 Å². The fraction of sp³-hybridized carbons (Fsp3) is 0.462. The molecule has 0 bridgehead atoms. The zero-order valence-electron chi connectivity index (χ0n) is 9.32. The van der Waals surface area contributed by atoms with E-state index < -0.39 is 0 Å². The fourth-order valence-electron chi connectivity index (χ4n) is 2.43. The maximum absolute atomic E-state index is 12.1. The first-order chi connectivity index (χ1) is 8.24. The van der Waals surface area contributed by atoms with Crippen molar-refractivity contribution in [2.24, 2.45) is 5.92 Å². The second-order valence-corrected chi connectivity index (χ2v) is 5.46. The van der Waals surface area contributed by atoms with Gasteiger partial charge in [0.15, 0.2) is 5.78 Å². The molecule has 2 unspecified atom stereocenters. The smallest absolute Gasteiger partial charge is 0.170 e. The molecule has 17 heavy (non-hydrogen) atoms. The molecular weight excluding hydrogens is 284 g/mol. The molecule has 0 saturated carbocycles. The molecule has 0 radical (unpaired) electrons. The van der Waals surface area contributed by atoms with E-state index in [-0.39, 0.29) is 11.9 Å². The minimum absolute atomic E-state index is 0.0151. The van der Waals surface area contributed by atoms with Gasteiger partial charge in [-0.25, -0.2) is 0 Å². The summed E-state index contributed by atoms with van der Waals surface area (Å²) in [7, 11) is 0. The second-order valence-electron chi connectivity index (χ2n) is 4.55. The Morgan fingerprint density at radius 3 is 3.00 bits per heavy atom. The molecule has 2 aliphatic rings. The van der Waals surface area contributed by atoms with E-state index in [1.54, 1.807) is 0 Å². The summed E-state index contributed by atoms with van der Waals surface area (Å²) in [4.78, 5) is 12.1. The van der Waals surface area contributed by atoms with Crippen LogP contribution in [0.15, 0.2) is 22.7 Å². The molecule has 3 nitrogen and oxygen atoms in total. The van der Waals surface area contributed by atoms with Crippen LogP contribution in [0.2, 0.25) is 0 Å². The van der Waals surface area contributed by atoms with E-state index >= 15 is 0 Å².